The lowest BCUT2D eigenvalue weighted by atomic mass is 9.97. The Bertz CT molecular complexity index is 961. The van der Waals surface area contributed by atoms with Crippen molar-refractivity contribution in [3.8, 4) is 0 Å². The van der Waals surface area contributed by atoms with Crippen molar-refractivity contribution in [1.82, 2.24) is 4.90 Å². The monoisotopic (exact) mass is 382 g/mol. The van der Waals surface area contributed by atoms with Gasteiger partial charge >= 0.3 is 0 Å². The first-order valence-corrected chi connectivity index (χ1v) is 9.36. The number of carbonyl (C=O) groups excluding carboxylic acids is 2. The second-order valence-corrected chi connectivity index (χ2v) is 7.30. The van der Waals surface area contributed by atoms with Crippen molar-refractivity contribution in [3.05, 3.63) is 71.4 Å². The molecule has 0 N–H and O–H groups in total. The molecule has 2 amide bonds. The van der Waals surface area contributed by atoms with E-state index in [2.05, 4.69) is 6.92 Å². The van der Waals surface area contributed by atoms with Gasteiger partial charge in [0.1, 0.15) is 17.3 Å². The van der Waals surface area contributed by atoms with Crippen molar-refractivity contribution in [1.29, 1.82) is 0 Å². The molecule has 2 aliphatic heterocycles. The summed E-state index contributed by atoms with van der Waals surface area (Å²) in [6.45, 7) is 3.44. The number of likely N-dealkylation sites (tertiary alicyclic amines) is 1. The molecule has 4 nitrogen and oxygen atoms in total. The van der Waals surface area contributed by atoms with Gasteiger partial charge in [0.05, 0.1) is 11.3 Å². The molecule has 0 radical (unpaired) electrons. The third kappa shape index (κ3) is 3.09. The first-order chi connectivity index (χ1) is 13.5. The second kappa shape index (κ2) is 7.19. The summed E-state index contributed by atoms with van der Waals surface area (Å²) in [6, 6.07) is 11.2. The number of nitrogens with zero attached hydrogens (tertiary/aromatic N) is 2. The third-order valence-corrected chi connectivity index (χ3v) is 5.39. The van der Waals surface area contributed by atoms with Crippen LogP contribution >= 0.6 is 0 Å². The molecule has 0 aromatic heterocycles. The van der Waals surface area contributed by atoms with Gasteiger partial charge in [0, 0.05) is 13.1 Å². The van der Waals surface area contributed by atoms with Crippen LogP contribution in [-0.2, 0) is 9.59 Å². The van der Waals surface area contributed by atoms with E-state index in [9.17, 15) is 18.4 Å². The zero-order valence-corrected chi connectivity index (χ0v) is 15.5. The summed E-state index contributed by atoms with van der Waals surface area (Å²) in [5.74, 6) is -1.66. The quantitative estimate of drug-likeness (QED) is 0.754. The molecule has 2 aromatic carbocycles. The van der Waals surface area contributed by atoms with Crippen LogP contribution in [0.5, 0.6) is 0 Å². The molecule has 6 heteroatoms. The van der Waals surface area contributed by atoms with Crippen LogP contribution in [0, 0.1) is 17.6 Å². The number of carbonyl (C=O) groups is 2. The molecular formula is C22H20F2N2O2. The topological polar surface area (TPSA) is 40.6 Å². The summed E-state index contributed by atoms with van der Waals surface area (Å²) in [5, 5.41) is 0. The van der Waals surface area contributed by atoms with Crippen molar-refractivity contribution >= 4 is 23.1 Å². The number of hydrogen-bond donors (Lipinski definition) is 0. The molecule has 144 valence electrons. The average molecular weight is 382 g/mol. The van der Waals surface area contributed by atoms with E-state index in [0.717, 1.165) is 17.7 Å². The lowest BCUT2D eigenvalue weighted by Crippen LogP contribution is -2.38. The Morgan fingerprint density at radius 1 is 0.893 bits per heavy atom. The van der Waals surface area contributed by atoms with Crippen molar-refractivity contribution < 1.29 is 18.4 Å². The molecule has 0 spiro atoms. The van der Waals surface area contributed by atoms with E-state index in [1.165, 1.54) is 42.5 Å². The fraction of sp³-hybridized carbons (Fsp3) is 0.273. The highest BCUT2D eigenvalue weighted by molar-refractivity contribution is 6.45. The highest BCUT2D eigenvalue weighted by Gasteiger charge is 2.43. The zero-order chi connectivity index (χ0) is 19.8. The van der Waals surface area contributed by atoms with Gasteiger partial charge < -0.3 is 4.90 Å². The summed E-state index contributed by atoms with van der Waals surface area (Å²) in [4.78, 5) is 29.3. The molecule has 0 saturated carbocycles. The SMILES string of the molecule is CC1CCN(C2=C(c3ccc(F)cc3)C(=O)N(c3ccccc3F)C2=O)CC1. The Labute approximate surface area is 162 Å². The number of benzene rings is 2. The van der Waals surface area contributed by atoms with Gasteiger partial charge in [0.15, 0.2) is 0 Å². The van der Waals surface area contributed by atoms with Gasteiger partial charge in [-0.15, -0.1) is 0 Å². The summed E-state index contributed by atoms with van der Waals surface area (Å²) in [7, 11) is 0. The molecule has 0 aliphatic carbocycles. The van der Waals surface area contributed by atoms with Gasteiger partial charge in [-0.05, 0) is 48.6 Å². The van der Waals surface area contributed by atoms with Crippen molar-refractivity contribution in [3.63, 3.8) is 0 Å². The largest absolute Gasteiger partial charge is 0.366 e. The highest BCUT2D eigenvalue weighted by atomic mass is 19.1. The number of amides is 2. The molecular weight excluding hydrogens is 362 g/mol. The van der Waals surface area contributed by atoms with Crippen molar-refractivity contribution in [2.45, 2.75) is 19.8 Å². The standard InChI is InChI=1S/C22H20F2N2O2/c1-14-10-12-25(13-11-14)20-19(15-6-8-16(23)9-7-15)21(27)26(22(20)28)18-5-3-2-4-17(18)24/h2-9,14H,10-13H2,1H3. The van der Waals surface area contributed by atoms with Crippen LogP contribution in [0.3, 0.4) is 0 Å². The molecule has 0 unspecified atom stereocenters. The lowest BCUT2D eigenvalue weighted by molar-refractivity contribution is -0.120. The predicted octanol–water partition coefficient (Wildman–Crippen LogP) is 3.98. The summed E-state index contributed by atoms with van der Waals surface area (Å²) < 4.78 is 27.8. The van der Waals surface area contributed by atoms with Crippen LogP contribution in [0.2, 0.25) is 0 Å². The summed E-state index contributed by atoms with van der Waals surface area (Å²) in [6.07, 6.45) is 1.81. The van der Waals surface area contributed by atoms with E-state index in [1.54, 1.807) is 6.07 Å². The van der Waals surface area contributed by atoms with E-state index < -0.39 is 23.4 Å². The average Bonchev–Trinajstić information content (AvgIpc) is 2.94. The second-order valence-electron chi connectivity index (χ2n) is 7.30. The van der Waals surface area contributed by atoms with E-state index in [-0.39, 0.29) is 17.0 Å². The fourth-order valence-corrected chi connectivity index (χ4v) is 3.77. The Morgan fingerprint density at radius 2 is 1.54 bits per heavy atom. The van der Waals surface area contributed by atoms with Gasteiger partial charge in [-0.25, -0.2) is 13.7 Å². The molecule has 4 rings (SSSR count). The van der Waals surface area contributed by atoms with Crippen LogP contribution in [0.4, 0.5) is 14.5 Å². The van der Waals surface area contributed by atoms with Crippen LogP contribution in [0.25, 0.3) is 5.57 Å². The maximum Gasteiger partial charge on any atom is 0.282 e. The Kier molecular flexibility index (Phi) is 4.71. The van der Waals surface area contributed by atoms with Gasteiger partial charge in [-0.2, -0.15) is 0 Å². The van der Waals surface area contributed by atoms with E-state index in [4.69, 9.17) is 0 Å². The molecule has 2 aliphatic rings. The maximum atomic E-state index is 14.4. The minimum absolute atomic E-state index is 0.0718. The van der Waals surface area contributed by atoms with Gasteiger partial charge in [0.2, 0.25) is 0 Å². The number of rotatable bonds is 3. The van der Waals surface area contributed by atoms with E-state index in [1.807, 2.05) is 4.90 Å². The van der Waals surface area contributed by atoms with E-state index >= 15 is 0 Å². The molecule has 0 atom stereocenters. The minimum Gasteiger partial charge on any atom is -0.366 e. The van der Waals surface area contributed by atoms with Gasteiger partial charge in [-0.1, -0.05) is 31.2 Å². The zero-order valence-electron chi connectivity index (χ0n) is 15.5. The minimum atomic E-state index is -0.642. The first-order valence-electron chi connectivity index (χ1n) is 9.36. The normalized spacial score (nSPS) is 18.4. The lowest BCUT2D eigenvalue weighted by Gasteiger charge is -2.32. The Balaban J connectivity index is 1.82. The fourth-order valence-electron chi connectivity index (χ4n) is 3.77. The number of hydrogen-bond acceptors (Lipinski definition) is 3. The molecule has 2 aromatic rings. The Hall–Kier alpha value is -3.02. The molecule has 1 saturated heterocycles. The Morgan fingerprint density at radius 3 is 2.18 bits per heavy atom. The van der Waals surface area contributed by atoms with Crippen molar-refractivity contribution in [2.24, 2.45) is 5.92 Å². The number of halogens is 2. The van der Waals surface area contributed by atoms with Crippen LogP contribution in [0.15, 0.2) is 54.2 Å². The summed E-state index contributed by atoms with van der Waals surface area (Å²) in [5.41, 5.74) is 0.847. The number of imide groups is 1. The third-order valence-electron chi connectivity index (χ3n) is 5.39. The first kappa shape index (κ1) is 18.3. The number of anilines is 1. The molecule has 0 bridgehead atoms. The number of para-hydroxylation sites is 1. The van der Waals surface area contributed by atoms with Crippen LogP contribution in [0.1, 0.15) is 25.3 Å². The molecule has 1 fully saturated rings. The van der Waals surface area contributed by atoms with Gasteiger partial charge in [-0.3, -0.25) is 9.59 Å². The molecule has 2 heterocycles. The van der Waals surface area contributed by atoms with Crippen LogP contribution in [-0.4, -0.2) is 29.8 Å². The van der Waals surface area contributed by atoms with Crippen LogP contribution < -0.4 is 4.90 Å². The summed E-state index contributed by atoms with van der Waals surface area (Å²) >= 11 is 0. The van der Waals surface area contributed by atoms with Gasteiger partial charge in [0.25, 0.3) is 11.8 Å². The number of piperidine rings is 1. The highest BCUT2D eigenvalue weighted by Crippen LogP contribution is 2.37. The maximum absolute atomic E-state index is 14.4. The predicted molar refractivity (Wildman–Crippen MR) is 102 cm³/mol. The smallest absolute Gasteiger partial charge is 0.282 e. The van der Waals surface area contributed by atoms with Crippen molar-refractivity contribution in [2.75, 3.05) is 18.0 Å². The van der Waals surface area contributed by atoms with E-state index in [0.29, 0.717) is 24.6 Å². The molecule has 28 heavy (non-hydrogen) atoms.